The van der Waals surface area contributed by atoms with Gasteiger partial charge in [-0.2, -0.15) is 5.10 Å². The van der Waals surface area contributed by atoms with Gasteiger partial charge in [0.1, 0.15) is 0 Å². The van der Waals surface area contributed by atoms with Crippen molar-refractivity contribution in [1.29, 1.82) is 0 Å². The van der Waals surface area contributed by atoms with Crippen LogP contribution in [-0.2, 0) is 0 Å². The molecule has 0 amide bonds. The van der Waals surface area contributed by atoms with Gasteiger partial charge in [0.25, 0.3) is 0 Å². The lowest BCUT2D eigenvalue weighted by Gasteiger charge is -2.09. The number of hydrazone groups is 1. The van der Waals surface area contributed by atoms with E-state index < -0.39 is 0 Å². The molecule has 0 saturated heterocycles. The lowest BCUT2D eigenvalue weighted by Crippen LogP contribution is -1.95. The topological polar surface area (TPSA) is 37.3 Å². The van der Waals surface area contributed by atoms with E-state index in [0.717, 1.165) is 33.1 Å². The first-order chi connectivity index (χ1) is 12.3. The van der Waals surface area contributed by atoms with E-state index in [1.165, 1.54) is 4.90 Å². The highest BCUT2D eigenvalue weighted by Crippen LogP contribution is 2.30. The third kappa shape index (κ3) is 3.21. The SMILES string of the molecule is CSc1ccc(/C=N/Nc2c3ccccc3nc3ccccc23)cc1. The standard InChI is InChI=1S/C21H17N3S/c1-25-16-12-10-15(11-13-16)14-22-24-21-17-6-2-4-8-19(17)23-20-9-5-3-7-18(20)21/h2-14H,1H3,(H,23,24)/b22-14+. The lowest BCUT2D eigenvalue weighted by molar-refractivity contribution is 1.36. The molecule has 3 aromatic carbocycles. The fourth-order valence-corrected chi connectivity index (χ4v) is 3.23. The van der Waals surface area contributed by atoms with Gasteiger partial charge < -0.3 is 0 Å². The van der Waals surface area contributed by atoms with E-state index >= 15 is 0 Å². The number of hydrogen-bond acceptors (Lipinski definition) is 4. The van der Waals surface area contributed by atoms with E-state index in [2.05, 4.69) is 53.2 Å². The molecule has 0 atom stereocenters. The van der Waals surface area contributed by atoms with Gasteiger partial charge in [-0.3, -0.25) is 5.43 Å². The van der Waals surface area contributed by atoms with Gasteiger partial charge in [-0.15, -0.1) is 11.8 Å². The first-order valence-corrected chi connectivity index (χ1v) is 9.28. The summed E-state index contributed by atoms with van der Waals surface area (Å²) in [6, 6.07) is 24.6. The number of rotatable bonds is 4. The van der Waals surface area contributed by atoms with Crippen molar-refractivity contribution >= 4 is 45.5 Å². The quantitative estimate of drug-likeness (QED) is 0.228. The summed E-state index contributed by atoms with van der Waals surface area (Å²) < 4.78 is 0. The number of pyridine rings is 1. The highest BCUT2D eigenvalue weighted by Gasteiger charge is 2.07. The Kier molecular flexibility index (Phi) is 4.36. The molecule has 1 heterocycles. The van der Waals surface area contributed by atoms with Crippen LogP contribution in [0.3, 0.4) is 0 Å². The minimum absolute atomic E-state index is 0.961. The summed E-state index contributed by atoms with van der Waals surface area (Å²) in [5.41, 5.74) is 7.20. The largest absolute Gasteiger partial charge is 0.277 e. The van der Waals surface area contributed by atoms with Crippen molar-refractivity contribution in [3.63, 3.8) is 0 Å². The average Bonchev–Trinajstić information content (AvgIpc) is 2.68. The van der Waals surface area contributed by atoms with Crippen molar-refractivity contribution in [3.05, 3.63) is 78.4 Å². The zero-order chi connectivity index (χ0) is 17.1. The molecule has 0 aliphatic heterocycles. The minimum Gasteiger partial charge on any atom is -0.277 e. The Hall–Kier alpha value is -2.85. The van der Waals surface area contributed by atoms with Gasteiger partial charge in [0.15, 0.2) is 0 Å². The van der Waals surface area contributed by atoms with Gasteiger partial charge in [-0.05, 0) is 36.1 Å². The van der Waals surface area contributed by atoms with Crippen LogP contribution in [-0.4, -0.2) is 17.5 Å². The first-order valence-electron chi connectivity index (χ1n) is 8.06. The Morgan fingerprint density at radius 3 is 2.04 bits per heavy atom. The Morgan fingerprint density at radius 1 is 0.840 bits per heavy atom. The predicted octanol–water partition coefficient (Wildman–Crippen LogP) is 5.56. The van der Waals surface area contributed by atoms with E-state index in [9.17, 15) is 0 Å². The molecular weight excluding hydrogens is 326 g/mol. The van der Waals surface area contributed by atoms with Crippen LogP contribution in [0.15, 0.2) is 82.8 Å². The van der Waals surface area contributed by atoms with Gasteiger partial charge in [-0.1, -0.05) is 48.5 Å². The van der Waals surface area contributed by atoms with Crippen molar-refractivity contribution < 1.29 is 0 Å². The summed E-state index contributed by atoms with van der Waals surface area (Å²) in [5, 5.41) is 6.59. The number of nitrogens with one attached hydrogen (secondary N) is 1. The second-order valence-corrected chi connectivity index (χ2v) is 6.54. The molecule has 25 heavy (non-hydrogen) atoms. The molecule has 1 N–H and O–H groups in total. The van der Waals surface area contributed by atoms with Crippen LogP contribution in [0.1, 0.15) is 5.56 Å². The molecular formula is C21H17N3S. The van der Waals surface area contributed by atoms with Crippen LogP contribution in [0, 0.1) is 0 Å². The summed E-state index contributed by atoms with van der Waals surface area (Å²) in [4.78, 5) is 5.98. The molecule has 0 radical (unpaired) electrons. The van der Waals surface area contributed by atoms with Crippen LogP contribution in [0.5, 0.6) is 0 Å². The maximum atomic E-state index is 4.73. The average molecular weight is 343 g/mol. The molecule has 0 unspecified atom stereocenters. The number of fused-ring (bicyclic) bond motifs is 2. The van der Waals surface area contributed by atoms with Gasteiger partial charge in [-0.25, -0.2) is 4.98 Å². The smallest absolute Gasteiger partial charge is 0.0749 e. The second-order valence-electron chi connectivity index (χ2n) is 5.66. The highest BCUT2D eigenvalue weighted by molar-refractivity contribution is 7.98. The number of thioether (sulfide) groups is 1. The molecule has 122 valence electrons. The Balaban J connectivity index is 1.72. The van der Waals surface area contributed by atoms with Gasteiger partial charge in [0, 0.05) is 15.7 Å². The monoisotopic (exact) mass is 343 g/mol. The van der Waals surface area contributed by atoms with Crippen molar-refractivity contribution in [1.82, 2.24) is 4.98 Å². The van der Waals surface area contributed by atoms with Crippen LogP contribution in [0.25, 0.3) is 21.8 Å². The predicted molar refractivity (Wildman–Crippen MR) is 109 cm³/mol. The van der Waals surface area contributed by atoms with Crippen molar-refractivity contribution in [3.8, 4) is 0 Å². The number of hydrogen-bond donors (Lipinski definition) is 1. The molecule has 3 nitrogen and oxygen atoms in total. The zero-order valence-corrected chi connectivity index (χ0v) is 14.6. The lowest BCUT2D eigenvalue weighted by atomic mass is 10.1. The minimum atomic E-state index is 0.961. The Morgan fingerprint density at radius 2 is 1.44 bits per heavy atom. The maximum Gasteiger partial charge on any atom is 0.0749 e. The fraction of sp³-hybridized carbons (Fsp3) is 0.0476. The number of nitrogens with zero attached hydrogens (tertiary/aromatic N) is 2. The Labute approximate surface area is 150 Å². The third-order valence-electron chi connectivity index (χ3n) is 4.09. The van der Waals surface area contributed by atoms with E-state index in [1.807, 2.05) is 42.6 Å². The van der Waals surface area contributed by atoms with E-state index in [1.54, 1.807) is 11.8 Å². The zero-order valence-electron chi connectivity index (χ0n) is 13.8. The van der Waals surface area contributed by atoms with Crippen LogP contribution in [0.2, 0.25) is 0 Å². The maximum absolute atomic E-state index is 4.73. The number of benzene rings is 3. The molecule has 0 aliphatic rings. The van der Waals surface area contributed by atoms with Crippen molar-refractivity contribution in [2.24, 2.45) is 5.10 Å². The molecule has 0 spiro atoms. The van der Waals surface area contributed by atoms with Crippen LogP contribution >= 0.6 is 11.8 Å². The molecule has 0 fully saturated rings. The highest BCUT2D eigenvalue weighted by atomic mass is 32.2. The molecule has 4 rings (SSSR count). The summed E-state index contributed by atoms with van der Waals surface area (Å²) >= 11 is 1.73. The van der Waals surface area contributed by atoms with Crippen molar-refractivity contribution in [2.45, 2.75) is 4.90 Å². The summed E-state index contributed by atoms with van der Waals surface area (Å²) in [6.07, 6.45) is 3.92. The number of aromatic nitrogens is 1. The molecule has 1 aromatic heterocycles. The number of anilines is 1. The van der Waals surface area contributed by atoms with E-state index in [0.29, 0.717) is 0 Å². The third-order valence-corrected chi connectivity index (χ3v) is 4.84. The van der Waals surface area contributed by atoms with Gasteiger partial charge in [0.05, 0.1) is 22.9 Å². The summed E-state index contributed by atoms with van der Waals surface area (Å²) in [7, 11) is 0. The summed E-state index contributed by atoms with van der Waals surface area (Å²) in [5.74, 6) is 0. The molecule has 0 bridgehead atoms. The first kappa shape index (κ1) is 15.7. The molecule has 4 heteroatoms. The van der Waals surface area contributed by atoms with Gasteiger partial charge in [0.2, 0.25) is 0 Å². The number of para-hydroxylation sites is 2. The molecule has 0 saturated carbocycles. The molecule has 4 aromatic rings. The Bertz CT molecular complexity index is 1000. The second kappa shape index (κ2) is 6.95. The van der Waals surface area contributed by atoms with Crippen molar-refractivity contribution in [2.75, 3.05) is 11.7 Å². The molecule has 0 aliphatic carbocycles. The van der Waals surface area contributed by atoms with E-state index in [-0.39, 0.29) is 0 Å². The summed E-state index contributed by atoms with van der Waals surface area (Å²) in [6.45, 7) is 0. The van der Waals surface area contributed by atoms with E-state index in [4.69, 9.17) is 4.98 Å². The van der Waals surface area contributed by atoms with Crippen LogP contribution in [0.4, 0.5) is 5.69 Å². The normalized spacial score (nSPS) is 11.4. The van der Waals surface area contributed by atoms with Crippen LogP contribution < -0.4 is 5.43 Å². The fourth-order valence-electron chi connectivity index (χ4n) is 2.82. The van der Waals surface area contributed by atoms with Gasteiger partial charge >= 0.3 is 0 Å².